The molecule has 1 aromatic carbocycles. The Hall–Kier alpha value is -2.92. The van der Waals surface area contributed by atoms with Crippen molar-refractivity contribution >= 4 is 11.9 Å². The van der Waals surface area contributed by atoms with E-state index >= 15 is 0 Å². The van der Waals surface area contributed by atoms with Gasteiger partial charge in [0.25, 0.3) is 0 Å². The fraction of sp³-hybridized carbons (Fsp3) is 0.455. The highest BCUT2D eigenvalue weighted by atomic mass is 19.4. The van der Waals surface area contributed by atoms with Crippen LogP contribution in [0.1, 0.15) is 11.3 Å². The van der Waals surface area contributed by atoms with Crippen LogP contribution in [0.5, 0.6) is 0 Å². The zero-order valence-corrected chi connectivity index (χ0v) is 17.6. The SMILES string of the molecule is O=C(Cc1cccc(F)c1)N1C[C@@H]2CN(Cc3ccco3)CCO[C@@H]2C1.O=C(O)C(F)(F)F. The molecular weight excluding hydrogens is 448 g/mol. The molecule has 3 heterocycles. The molecule has 0 unspecified atom stereocenters. The molecule has 0 saturated carbocycles. The van der Waals surface area contributed by atoms with Gasteiger partial charge in [0.05, 0.1) is 31.9 Å². The number of hydrogen-bond acceptors (Lipinski definition) is 5. The lowest BCUT2D eigenvalue weighted by Crippen LogP contribution is -2.34. The molecule has 0 spiro atoms. The first-order valence-electron chi connectivity index (χ1n) is 10.3. The number of halogens is 4. The van der Waals surface area contributed by atoms with Crippen molar-refractivity contribution in [3.05, 3.63) is 59.8 Å². The van der Waals surface area contributed by atoms with Crippen LogP contribution in [0.3, 0.4) is 0 Å². The van der Waals surface area contributed by atoms with E-state index in [4.69, 9.17) is 19.1 Å². The Balaban J connectivity index is 0.000000383. The molecule has 0 radical (unpaired) electrons. The van der Waals surface area contributed by atoms with Gasteiger partial charge in [-0.15, -0.1) is 0 Å². The average molecular weight is 472 g/mol. The van der Waals surface area contributed by atoms with Crippen molar-refractivity contribution in [1.82, 2.24) is 9.80 Å². The zero-order valence-electron chi connectivity index (χ0n) is 17.6. The van der Waals surface area contributed by atoms with Crippen LogP contribution in [-0.4, -0.2) is 71.8 Å². The van der Waals surface area contributed by atoms with E-state index in [1.807, 2.05) is 17.0 Å². The molecule has 2 fully saturated rings. The maximum absolute atomic E-state index is 13.3. The second-order valence-corrected chi connectivity index (χ2v) is 7.89. The Morgan fingerprint density at radius 1 is 1.12 bits per heavy atom. The van der Waals surface area contributed by atoms with E-state index in [2.05, 4.69) is 4.90 Å². The highest BCUT2D eigenvalue weighted by molar-refractivity contribution is 5.79. The standard InChI is InChI=1S/C20H23FN2O3.C2HF3O2/c21-17-4-1-3-15(9-17)10-20(24)23-12-16-11-22(6-8-26-19(16)14-23)13-18-5-2-7-25-18;3-2(4,5)1(6)7/h1-5,7,9,16,19H,6,8,10-14H2;(H,6,7)/t16-,19+;/m0./s1. The van der Waals surface area contributed by atoms with E-state index in [-0.39, 0.29) is 24.2 Å². The topological polar surface area (TPSA) is 83.2 Å². The molecule has 1 N–H and O–H groups in total. The summed E-state index contributed by atoms with van der Waals surface area (Å²) in [5.41, 5.74) is 0.711. The number of alkyl halides is 3. The van der Waals surface area contributed by atoms with Crippen LogP contribution in [0, 0.1) is 11.7 Å². The summed E-state index contributed by atoms with van der Waals surface area (Å²) >= 11 is 0. The Bertz CT molecular complexity index is 935. The summed E-state index contributed by atoms with van der Waals surface area (Å²) in [6.45, 7) is 4.48. The molecule has 180 valence electrons. The third kappa shape index (κ3) is 7.29. The van der Waals surface area contributed by atoms with Gasteiger partial charge in [0, 0.05) is 32.1 Å². The summed E-state index contributed by atoms with van der Waals surface area (Å²) < 4.78 is 56.5. The smallest absolute Gasteiger partial charge is 0.475 e. The Morgan fingerprint density at radius 2 is 1.88 bits per heavy atom. The quantitative estimate of drug-likeness (QED) is 0.690. The van der Waals surface area contributed by atoms with Gasteiger partial charge in [-0.25, -0.2) is 9.18 Å². The molecule has 33 heavy (non-hydrogen) atoms. The molecule has 2 aliphatic rings. The highest BCUT2D eigenvalue weighted by Gasteiger charge is 2.39. The van der Waals surface area contributed by atoms with Gasteiger partial charge in [0.15, 0.2) is 0 Å². The second kappa shape index (κ2) is 10.8. The number of hydrogen-bond donors (Lipinski definition) is 1. The predicted octanol–water partition coefficient (Wildman–Crippen LogP) is 2.95. The minimum atomic E-state index is -5.08. The van der Waals surface area contributed by atoms with Crippen LogP contribution < -0.4 is 0 Å². The van der Waals surface area contributed by atoms with Gasteiger partial charge < -0.3 is 19.2 Å². The van der Waals surface area contributed by atoms with Crippen LogP contribution in [0.15, 0.2) is 47.1 Å². The number of fused-ring (bicyclic) bond motifs is 1. The minimum Gasteiger partial charge on any atom is -0.475 e. The van der Waals surface area contributed by atoms with Gasteiger partial charge in [0.2, 0.25) is 5.91 Å². The lowest BCUT2D eigenvalue weighted by Gasteiger charge is -2.22. The monoisotopic (exact) mass is 472 g/mol. The number of furan rings is 1. The van der Waals surface area contributed by atoms with Gasteiger partial charge >= 0.3 is 12.1 Å². The van der Waals surface area contributed by atoms with E-state index in [1.54, 1.807) is 18.4 Å². The van der Waals surface area contributed by atoms with Crippen molar-refractivity contribution in [3.8, 4) is 0 Å². The molecule has 2 aromatic rings. The number of amides is 1. The van der Waals surface area contributed by atoms with Gasteiger partial charge in [-0.2, -0.15) is 13.2 Å². The van der Waals surface area contributed by atoms with Crippen LogP contribution in [-0.2, 0) is 27.3 Å². The lowest BCUT2D eigenvalue weighted by molar-refractivity contribution is -0.192. The van der Waals surface area contributed by atoms with E-state index < -0.39 is 12.1 Å². The van der Waals surface area contributed by atoms with E-state index in [1.165, 1.54) is 12.1 Å². The maximum Gasteiger partial charge on any atom is 0.490 e. The number of nitrogens with zero attached hydrogens (tertiary/aromatic N) is 2. The number of carboxylic acids is 1. The molecule has 1 amide bonds. The number of carbonyl (C=O) groups excluding carboxylic acids is 1. The van der Waals surface area contributed by atoms with Crippen molar-refractivity contribution in [2.75, 3.05) is 32.8 Å². The van der Waals surface area contributed by atoms with Crippen molar-refractivity contribution < 1.29 is 41.4 Å². The van der Waals surface area contributed by atoms with Gasteiger partial charge in [-0.1, -0.05) is 12.1 Å². The number of aliphatic carboxylic acids is 1. The van der Waals surface area contributed by atoms with Crippen molar-refractivity contribution in [1.29, 1.82) is 0 Å². The lowest BCUT2D eigenvalue weighted by atomic mass is 10.1. The largest absolute Gasteiger partial charge is 0.490 e. The summed E-state index contributed by atoms with van der Waals surface area (Å²) in [5.74, 6) is -1.79. The Kier molecular flexibility index (Phi) is 8.09. The number of ether oxygens (including phenoxy) is 1. The molecule has 0 bridgehead atoms. The molecule has 7 nitrogen and oxygen atoms in total. The number of likely N-dealkylation sites (tertiary alicyclic amines) is 1. The van der Waals surface area contributed by atoms with Gasteiger partial charge in [0.1, 0.15) is 11.6 Å². The minimum absolute atomic E-state index is 0.0323. The molecule has 0 aliphatic carbocycles. The molecule has 2 saturated heterocycles. The third-order valence-electron chi connectivity index (χ3n) is 5.41. The molecule has 2 atom stereocenters. The van der Waals surface area contributed by atoms with Crippen molar-refractivity contribution in [3.63, 3.8) is 0 Å². The fourth-order valence-corrected chi connectivity index (χ4v) is 3.87. The van der Waals surface area contributed by atoms with Gasteiger partial charge in [-0.05, 0) is 29.8 Å². The predicted molar refractivity (Wildman–Crippen MR) is 108 cm³/mol. The molecule has 2 aliphatic heterocycles. The number of rotatable bonds is 4. The molecule has 11 heteroatoms. The average Bonchev–Trinajstić information content (AvgIpc) is 3.34. The van der Waals surface area contributed by atoms with Crippen LogP contribution in [0.4, 0.5) is 17.6 Å². The first kappa shape index (κ1) is 24.7. The number of carboxylic acid groups (broad SMARTS) is 1. The molecular formula is C22H24F4N2O5. The Morgan fingerprint density at radius 3 is 2.52 bits per heavy atom. The maximum atomic E-state index is 13.3. The summed E-state index contributed by atoms with van der Waals surface area (Å²) in [7, 11) is 0. The van der Waals surface area contributed by atoms with Crippen molar-refractivity contribution in [2.45, 2.75) is 25.2 Å². The van der Waals surface area contributed by atoms with Crippen LogP contribution >= 0.6 is 0 Å². The summed E-state index contributed by atoms with van der Waals surface area (Å²) in [6.07, 6.45) is -3.09. The van der Waals surface area contributed by atoms with E-state index in [0.717, 1.165) is 25.4 Å². The van der Waals surface area contributed by atoms with Crippen LogP contribution in [0.25, 0.3) is 0 Å². The normalized spacial score (nSPS) is 21.0. The zero-order chi connectivity index (χ0) is 24.0. The summed E-state index contributed by atoms with van der Waals surface area (Å²) in [4.78, 5) is 25.7. The van der Waals surface area contributed by atoms with Gasteiger partial charge in [-0.3, -0.25) is 9.69 Å². The second-order valence-electron chi connectivity index (χ2n) is 7.89. The molecule has 4 rings (SSSR count). The summed E-state index contributed by atoms with van der Waals surface area (Å²) in [6, 6.07) is 10.1. The third-order valence-corrected chi connectivity index (χ3v) is 5.41. The number of carbonyl (C=O) groups is 2. The fourth-order valence-electron chi connectivity index (χ4n) is 3.87. The molecule has 1 aromatic heterocycles. The highest BCUT2D eigenvalue weighted by Crippen LogP contribution is 2.25. The van der Waals surface area contributed by atoms with Crippen LogP contribution in [0.2, 0.25) is 0 Å². The van der Waals surface area contributed by atoms with E-state index in [0.29, 0.717) is 31.2 Å². The van der Waals surface area contributed by atoms with E-state index in [9.17, 15) is 22.4 Å². The first-order chi connectivity index (χ1) is 15.6. The summed E-state index contributed by atoms with van der Waals surface area (Å²) in [5, 5.41) is 7.12. The Labute approximate surface area is 187 Å². The first-order valence-corrected chi connectivity index (χ1v) is 10.3. The number of benzene rings is 1. The van der Waals surface area contributed by atoms with Crippen molar-refractivity contribution in [2.24, 2.45) is 5.92 Å².